The molecule has 2 heterocycles. The summed E-state index contributed by atoms with van der Waals surface area (Å²) in [5, 5.41) is 102. The smallest absolute Gasteiger partial charge is 0.326 e. The number of imidazole rings is 2. The number of carboxylic acid groups (broad SMARTS) is 4. The van der Waals surface area contributed by atoms with E-state index in [0.29, 0.717) is 12.8 Å². The van der Waals surface area contributed by atoms with Gasteiger partial charge in [0, 0.05) is 38.1 Å². The second kappa shape index (κ2) is 39.3. The summed E-state index contributed by atoms with van der Waals surface area (Å²) in [7, 11) is 0. The Morgan fingerprint density at radius 2 is 0.901 bits per heavy atom. The molecule has 2 aromatic heterocycles. The molecular formula is C51H79N17O23. The zero-order valence-electron chi connectivity index (χ0n) is 49.5. The number of aliphatic carboxylic acids is 4. The Kier molecular flexibility index (Phi) is 33.4. The van der Waals surface area contributed by atoms with Crippen molar-refractivity contribution < 1.29 is 113 Å². The van der Waals surface area contributed by atoms with E-state index in [1.807, 2.05) is 0 Å². The lowest BCUT2D eigenvalue weighted by atomic mass is 10.1. The molecule has 0 radical (unpaired) electrons. The largest absolute Gasteiger partial charge is 0.481 e. The maximum atomic E-state index is 14.0. The first-order valence-corrected chi connectivity index (χ1v) is 28.0. The highest BCUT2D eigenvalue weighted by atomic mass is 16.4. The lowest BCUT2D eigenvalue weighted by Gasteiger charge is -2.27. The van der Waals surface area contributed by atoms with Crippen molar-refractivity contribution in [2.75, 3.05) is 26.3 Å². The Bertz CT molecular complexity index is 2820. The van der Waals surface area contributed by atoms with Gasteiger partial charge in [-0.05, 0) is 59.4 Å². The molecule has 0 aliphatic rings. The molecule has 91 heavy (non-hydrogen) atoms. The summed E-state index contributed by atoms with van der Waals surface area (Å²) >= 11 is 0. The molecule has 40 nitrogen and oxygen atoms in total. The van der Waals surface area contributed by atoms with Crippen LogP contribution in [0, 0.1) is 0 Å². The molecule has 0 bridgehead atoms. The summed E-state index contributed by atoms with van der Waals surface area (Å²) < 4.78 is 0. The summed E-state index contributed by atoms with van der Waals surface area (Å²) in [5.41, 5.74) is 11.1. The van der Waals surface area contributed by atoms with Gasteiger partial charge in [0.15, 0.2) is 0 Å². The SMILES string of the molecule is C[C@H](NC(=O)[C@H](CCC(=O)O)NC(=O)[C@@H](N)CO)C(=O)N[C@@H](CC(=O)O)C(=O)N[C@@H](Cc1c[nH]cn1)C(=O)N[C@@H](CCC(=O)O)C(=O)NCC(=O)N[C@H](C(=O)N[C@@H](Cc1c[nH]cn1)C(=O)N[C@@H](CO)C(=O)N[C@H](C(=O)N[C@@H](CCCCN)C(=O)O)[C@@H](C)O)[C@@H](C)O. The zero-order chi connectivity index (χ0) is 68.7. The lowest BCUT2D eigenvalue weighted by Crippen LogP contribution is -2.62. The van der Waals surface area contributed by atoms with E-state index in [9.17, 15) is 108 Å². The molecule has 2 rings (SSSR count). The van der Waals surface area contributed by atoms with Crippen molar-refractivity contribution >= 4 is 88.9 Å². The number of nitrogens with one attached hydrogen (secondary N) is 13. The summed E-state index contributed by atoms with van der Waals surface area (Å²) in [5.74, 6) is -19.3. The van der Waals surface area contributed by atoms with Crippen molar-refractivity contribution in [3.8, 4) is 0 Å². The summed E-state index contributed by atoms with van der Waals surface area (Å²) in [4.78, 5) is 208. The fourth-order valence-electron chi connectivity index (χ4n) is 8.00. The van der Waals surface area contributed by atoms with Gasteiger partial charge in [0.2, 0.25) is 65.0 Å². The van der Waals surface area contributed by atoms with Gasteiger partial charge in [-0.3, -0.25) is 67.1 Å². The van der Waals surface area contributed by atoms with E-state index >= 15 is 0 Å². The minimum absolute atomic E-state index is 0.0556. The molecule has 0 fully saturated rings. The monoisotopic (exact) mass is 1300 g/mol. The number of rotatable bonds is 43. The van der Waals surface area contributed by atoms with Crippen LogP contribution in [0.3, 0.4) is 0 Å². The summed E-state index contributed by atoms with van der Waals surface area (Å²) in [6.45, 7) is 0.359. The highest BCUT2D eigenvalue weighted by Crippen LogP contribution is 2.09. The van der Waals surface area contributed by atoms with Crippen LogP contribution < -0.4 is 70.0 Å². The number of carbonyl (C=O) groups excluding carboxylic acids is 11. The number of H-pyrrole nitrogens is 2. The molecule has 0 unspecified atom stereocenters. The molecule has 0 aromatic carbocycles. The van der Waals surface area contributed by atoms with E-state index in [4.69, 9.17) is 16.6 Å². The number of unbranched alkanes of at least 4 members (excludes halogenated alkanes) is 1. The first-order valence-electron chi connectivity index (χ1n) is 28.0. The second-order valence-corrected chi connectivity index (χ2v) is 20.5. The number of aliphatic hydroxyl groups is 4. The Labute approximate surface area is 516 Å². The number of carboxylic acids is 4. The molecule has 11 amide bonds. The minimum atomic E-state index is -2.03. The number of aliphatic hydroxyl groups excluding tert-OH is 4. The molecule has 0 aliphatic heterocycles. The van der Waals surface area contributed by atoms with Crippen LogP contribution in [0.25, 0.3) is 0 Å². The first kappa shape index (κ1) is 77.3. The van der Waals surface area contributed by atoms with E-state index in [1.165, 1.54) is 25.0 Å². The van der Waals surface area contributed by atoms with Gasteiger partial charge < -0.3 is 121 Å². The highest BCUT2D eigenvalue weighted by Gasteiger charge is 2.37. The third-order valence-electron chi connectivity index (χ3n) is 13.0. The topological polar surface area (TPSA) is 660 Å². The molecule has 40 heteroatoms. The first-order chi connectivity index (χ1) is 42.8. The van der Waals surface area contributed by atoms with Crippen molar-refractivity contribution in [2.24, 2.45) is 11.5 Å². The third-order valence-corrected chi connectivity index (χ3v) is 13.0. The lowest BCUT2D eigenvalue weighted by molar-refractivity contribution is -0.143. The molecule has 0 aliphatic carbocycles. The van der Waals surface area contributed by atoms with Crippen LogP contribution in [0.15, 0.2) is 25.0 Å². The molecule has 2 aromatic rings. The van der Waals surface area contributed by atoms with Crippen LogP contribution in [-0.2, 0) is 84.8 Å². The van der Waals surface area contributed by atoms with Crippen LogP contribution >= 0.6 is 0 Å². The molecule has 0 saturated carbocycles. The number of carbonyl (C=O) groups is 15. The van der Waals surface area contributed by atoms with Crippen LogP contribution in [0.4, 0.5) is 0 Å². The van der Waals surface area contributed by atoms with Gasteiger partial charge in [-0.2, -0.15) is 0 Å². The number of amides is 11. The van der Waals surface area contributed by atoms with Crippen molar-refractivity contribution in [3.63, 3.8) is 0 Å². The van der Waals surface area contributed by atoms with E-state index in [-0.39, 0.29) is 24.4 Å². The molecular weight excluding hydrogens is 1220 g/mol. The van der Waals surface area contributed by atoms with Gasteiger partial charge in [-0.15, -0.1) is 0 Å². The van der Waals surface area contributed by atoms with Crippen LogP contribution in [-0.4, -0.2) is 255 Å². The van der Waals surface area contributed by atoms with Crippen LogP contribution in [0.1, 0.15) is 83.5 Å². The Hall–Kier alpha value is -9.77. The number of aromatic nitrogens is 4. The number of nitrogens with zero attached hydrogens (tertiary/aromatic N) is 2. The summed E-state index contributed by atoms with van der Waals surface area (Å²) in [6, 6.07) is -19.3. The predicted molar refractivity (Wildman–Crippen MR) is 305 cm³/mol. The van der Waals surface area contributed by atoms with Crippen molar-refractivity contribution in [3.05, 3.63) is 36.4 Å². The van der Waals surface area contributed by atoms with Crippen LogP contribution in [0.5, 0.6) is 0 Å². The zero-order valence-corrected chi connectivity index (χ0v) is 49.5. The normalized spacial score (nSPS) is 15.3. The standard InChI is InChI=1S/C51H79N17O23/c1-22(59-44(83)29(8-10-37(76)77)60-42(81)27(53)18-69)41(80)63-33(14-38(78)79)47(86)64-31(12-25-15-54-20-57-25)45(84)61-28(7-9-36(74)75)43(82)56-17-35(73)67-39(23(2)71)49(88)65-32(13-26-16-55-21-58-26)46(85)66-34(19-70)48(87)68-40(24(3)72)50(89)62-30(51(90)91)6-4-5-11-52/h15-16,20-24,27-34,39-40,69-72H,4-14,17-19,52-53H2,1-3H3,(H,54,57)(H,55,58)(H,56,82)(H,59,83)(H,60,81)(H,61,84)(H,62,89)(H,63,80)(H,64,86)(H,65,88)(H,66,85)(H,67,73)(H,68,87)(H,74,75)(H,76,77)(H,78,79)(H,90,91)/t22-,23+,24+,27-,28-,29-,30-,31-,32-,33-,34-,39-,40-/m0/s1. The Morgan fingerprint density at radius 3 is 1.35 bits per heavy atom. The Morgan fingerprint density at radius 1 is 0.473 bits per heavy atom. The molecule has 0 saturated heterocycles. The van der Waals surface area contributed by atoms with E-state index in [0.717, 1.165) is 20.8 Å². The fourth-order valence-corrected chi connectivity index (χ4v) is 8.00. The number of hydrogen-bond donors (Lipinski definition) is 23. The average molecular weight is 1300 g/mol. The molecule has 0 spiro atoms. The fraction of sp³-hybridized carbons (Fsp3) is 0.588. The van der Waals surface area contributed by atoms with E-state index in [1.54, 1.807) is 0 Å². The predicted octanol–water partition coefficient (Wildman–Crippen LogP) is -10.6. The maximum absolute atomic E-state index is 14.0. The number of nitrogens with two attached hydrogens (primary N) is 2. The average Bonchev–Trinajstić information content (AvgIpc) is 2.33. The third kappa shape index (κ3) is 28.1. The van der Waals surface area contributed by atoms with E-state index < -0.39 is 232 Å². The van der Waals surface area contributed by atoms with Gasteiger partial charge in [0.25, 0.3) is 0 Å². The van der Waals surface area contributed by atoms with Crippen molar-refractivity contribution in [1.82, 2.24) is 78.4 Å². The Balaban J connectivity index is 2.31. The second-order valence-electron chi connectivity index (χ2n) is 20.5. The van der Waals surface area contributed by atoms with Gasteiger partial charge in [-0.25, -0.2) is 14.8 Å². The minimum Gasteiger partial charge on any atom is -0.481 e. The van der Waals surface area contributed by atoms with Crippen molar-refractivity contribution in [2.45, 2.75) is 164 Å². The molecule has 13 atom stereocenters. The quantitative estimate of drug-likeness (QED) is 0.0274. The molecule has 25 N–H and O–H groups in total. The van der Waals surface area contributed by atoms with Crippen LogP contribution in [0.2, 0.25) is 0 Å². The van der Waals surface area contributed by atoms with Gasteiger partial charge in [-0.1, -0.05) is 0 Å². The number of aromatic amines is 2. The highest BCUT2D eigenvalue weighted by molar-refractivity contribution is 6.00. The van der Waals surface area contributed by atoms with Gasteiger partial charge in [0.05, 0.1) is 62.4 Å². The van der Waals surface area contributed by atoms with Gasteiger partial charge in [0.1, 0.15) is 66.5 Å². The molecule has 506 valence electrons. The summed E-state index contributed by atoms with van der Waals surface area (Å²) in [6.07, 6.45) is -2.65. The maximum Gasteiger partial charge on any atom is 0.326 e. The van der Waals surface area contributed by atoms with Gasteiger partial charge >= 0.3 is 23.9 Å². The van der Waals surface area contributed by atoms with Crippen molar-refractivity contribution in [1.29, 1.82) is 0 Å². The van der Waals surface area contributed by atoms with E-state index in [2.05, 4.69) is 78.4 Å². The number of hydrogen-bond acceptors (Lipinski definition) is 23.